The maximum Gasteiger partial charge on any atom is 0.254 e. The Bertz CT molecular complexity index is 804. The van der Waals surface area contributed by atoms with E-state index >= 15 is 0 Å². The van der Waals surface area contributed by atoms with Crippen molar-refractivity contribution < 1.29 is 4.79 Å². The summed E-state index contributed by atoms with van der Waals surface area (Å²) < 4.78 is 0. The lowest BCUT2D eigenvalue weighted by Gasteiger charge is -2.34. The number of piperazine rings is 1. The van der Waals surface area contributed by atoms with E-state index in [0.29, 0.717) is 6.54 Å². The number of carbonyl (C=O) groups excluding carboxylic acids is 1. The van der Waals surface area contributed by atoms with E-state index in [2.05, 4.69) is 26.4 Å². The van der Waals surface area contributed by atoms with Crippen LogP contribution in [0.4, 0.5) is 0 Å². The maximum atomic E-state index is 12.1. The van der Waals surface area contributed by atoms with E-state index in [0.717, 1.165) is 48.9 Å². The molecule has 5 nitrogen and oxygen atoms in total. The van der Waals surface area contributed by atoms with Gasteiger partial charge in [-0.3, -0.25) is 14.6 Å². The van der Waals surface area contributed by atoms with Crippen molar-refractivity contribution in [3.8, 4) is 0 Å². The molecule has 0 saturated carbocycles. The minimum atomic E-state index is -0.0865. The molecular weight excluding hydrogens is 392 g/mol. The van der Waals surface area contributed by atoms with E-state index in [1.165, 1.54) is 4.90 Å². The molecule has 148 valence electrons. The highest BCUT2D eigenvalue weighted by atomic mass is 35.5. The fraction of sp³-hybridized carbons (Fsp3) is 0.333. The van der Waals surface area contributed by atoms with Crippen molar-refractivity contribution in [2.75, 3.05) is 39.0 Å². The normalized spacial score (nSPS) is 15.8. The van der Waals surface area contributed by atoms with Crippen LogP contribution in [0.3, 0.4) is 0 Å². The molecule has 2 aromatic carbocycles. The summed E-state index contributed by atoms with van der Waals surface area (Å²) >= 11 is 7.94. The highest BCUT2D eigenvalue weighted by molar-refractivity contribution is 7.98. The first-order valence-electron chi connectivity index (χ1n) is 9.28. The SMILES string of the molecule is CSc1ccc(/C=N\NC(=O)CN2CCN(Cc3ccccc3Cl)CC2)cc1. The van der Waals surface area contributed by atoms with Gasteiger partial charge in [-0.25, -0.2) is 5.43 Å². The summed E-state index contributed by atoms with van der Waals surface area (Å²) in [6.07, 6.45) is 3.71. The lowest BCUT2D eigenvalue weighted by atomic mass is 10.2. The van der Waals surface area contributed by atoms with Crippen molar-refractivity contribution in [1.29, 1.82) is 0 Å². The van der Waals surface area contributed by atoms with Crippen LogP contribution < -0.4 is 5.43 Å². The van der Waals surface area contributed by atoms with Crippen LogP contribution in [0.2, 0.25) is 5.02 Å². The standard InChI is InChI=1S/C21H25ClN4OS/c1-28-19-8-6-17(7-9-19)14-23-24-21(27)16-26-12-10-25(11-13-26)15-18-4-2-3-5-20(18)22/h2-9,14H,10-13,15-16H2,1H3,(H,24,27)/b23-14-. The monoisotopic (exact) mass is 416 g/mol. The van der Waals surface area contributed by atoms with Crippen molar-refractivity contribution in [1.82, 2.24) is 15.2 Å². The molecule has 0 aromatic heterocycles. The summed E-state index contributed by atoms with van der Waals surface area (Å²) in [6, 6.07) is 16.0. The van der Waals surface area contributed by atoms with Gasteiger partial charge in [0.05, 0.1) is 12.8 Å². The topological polar surface area (TPSA) is 47.9 Å². The first kappa shape index (κ1) is 20.9. The van der Waals surface area contributed by atoms with Gasteiger partial charge < -0.3 is 0 Å². The van der Waals surface area contributed by atoms with Crippen molar-refractivity contribution in [2.24, 2.45) is 5.10 Å². The van der Waals surface area contributed by atoms with Gasteiger partial charge in [0.1, 0.15) is 0 Å². The average Bonchev–Trinajstić information content (AvgIpc) is 2.72. The summed E-state index contributed by atoms with van der Waals surface area (Å²) in [4.78, 5) is 17.8. The number of carbonyl (C=O) groups is 1. The highest BCUT2D eigenvalue weighted by Gasteiger charge is 2.19. The van der Waals surface area contributed by atoms with Crippen LogP contribution in [0.15, 0.2) is 58.5 Å². The van der Waals surface area contributed by atoms with Crippen LogP contribution in [0.25, 0.3) is 0 Å². The van der Waals surface area contributed by atoms with Crippen molar-refractivity contribution in [3.05, 3.63) is 64.7 Å². The zero-order valence-electron chi connectivity index (χ0n) is 16.0. The Morgan fingerprint density at radius 2 is 1.79 bits per heavy atom. The molecule has 1 heterocycles. The summed E-state index contributed by atoms with van der Waals surface area (Å²) in [5.41, 5.74) is 4.73. The first-order chi connectivity index (χ1) is 13.6. The molecule has 0 radical (unpaired) electrons. The number of nitrogens with zero attached hydrogens (tertiary/aromatic N) is 3. The number of amides is 1. The number of hydrogen-bond donors (Lipinski definition) is 1. The third kappa shape index (κ3) is 6.34. The lowest BCUT2D eigenvalue weighted by molar-refractivity contribution is -0.122. The van der Waals surface area contributed by atoms with Gasteiger partial charge in [-0.1, -0.05) is 41.9 Å². The number of hydrogen-bond acceptors (Lipinski definition) is 5. The van der Waals surface area contributed by atoms with Gasteiger partial charge in [0, 0.05) is 42.6 Å². The maximum absolute atomic E-state index is 12.1. The van der Waals surface area contributed by atoms with E-state index in [1.54, 1.807) is 18.0 Å². The summed E-state index contributed by atoms with van der Waals surface area (Å²) in [5, 5.41) is 4.87. The summed E-state index contributed by atoms with van der Waals surface area (Å²) in [7, 11) is 0. The summed E-state index contributed by atoms with van der Waals surface area (Å²) in [6.45, 7) is 4.77. The van der Waals surface area contributed by atoms with Crippen molar-refractivity contribution in [3.63, 3.8) is 0 Å². The van der Waals surface area contributed by atoms with Crippen LogP contribution in [0.5, 0.6) is 0 Å². The molecule has 1 aliphatic heterocycles. The molecule has 1 fully saturated rings. The number of thioether (sulfide) groups is 1. The van der Waals surface area contributed by atoms with E-state index in [-0.39, 0.29) is 5.91 Å². The number of nitrogens with one attached hydrogen (secondary N) is 1. The molecule has 28 heavy (non-hydrogen) atoms. The Balaban J connectivity index is 1.38. The Kier molecular flexibility index (Phi) is 7.91. The number of rotatable bonds is 7. The van der Waals surface area contributed by atoms with E-state index < -0.39 is 0 Å². The molecule has 1 amide bonds. The average molecular weight is 417 g/mol. The third-order valence-corrected chi connectivity index (χ3v) is 5.81. The zero-order chi connectivity index (χ0) is 19.8. The second-order valence-electron chi connectivity index (χ2n) is 6.71. The minimum absolute atomic E-state index is 0.0865. The molecule has 3 rings (SSSR count). The van der Waals surface area contributed by atoms with Crippen LogP contribution in [0, 0.1) is 0 Å². The largest absolute Gasteiger partial charge is 0.296 e. The zero-order valence-corrected chi connectivity index (χ0v) is 17.5. The first-order valence-corrected chi connectivity index (χ1v) is 10.9. The second-order valence-corrected chi connectivity index (χ2v) is 8.00. The molecule has 0 aliphatic carbocycles. The predicted molar refractivity (Wildman–Crippen MR) is 117 cm³/mol. The second kappa shape index (κ2) is 10.6. The highest BCUT2D eigenvalue weighted by Crippen LogP contribution is 2.18. The van der Waals surface area contributed by atoms with Gasteiger partial charge in [0.2, 0.25) is 0 Å². The molecule has 0 atom stereocenters. The van der Waals surface area contributed by atoms with Gasteiger partial charge in [0.15, 0.2) is 0 Å². The third-order valence-electron chi connectivity index (χ3n) is 4.70. The Hall–Kier alpha value is -1.86. The smallest absolute Gasteiger partial charge is 0.254 e. The van der Waals surface area contributed by atoms with Crippen molar-refractivity contribution in [2.45, 2.75) is 11.4 Å². The molecule has 0 bridgehead atoms. The van der Waals surface area contributed by atoms with Crippen LogP contribution in [-0.4, -0.2) is 60.9 Å². The van der Waals surface area contributed by atoms with Crippen LogP contribution in [-0.2, 0) is 11.3 Å². The molecule has 0 unspecified atom stereocenters. The van der Waals surface area contributed by atoms with Gasteiger partial charge in [-0.15, -0.1) is 11.8 Å². The molecule has 0 spiro atoms. The number of benzene rings is 2. The Morgan fingerprint density at radius 1 is 1.11 bits per heavy atom. The fourth-order valence-electron chi connectivity index (χ4n) is 3.08. The van der Waals surface area contributed by atoms with Crippen molar-refractivity contribution >= 4 is 35.5 Å². The van der Waals surface area contributed by atoms with Crippen LogP contribution >= 0.6 is 23.4 Å². The van der Waals surface area contributed by atoms with E-state index in [9.17, 15) is 4.79 Å². The Morgan fingerprint density at radius 3 is 2.46 bits per heavy atom. The van der Waals surface area contributed by atoms with E-state index in [4.69, 9.17) is 11.6 Å². The fourth-order valence-corrected chi connectivity index (χ4v) is 3.68. The predicted octanol–water partition coefficient (Wildman–Crippen LogP) is 3.33. The Labute approximate surface area is 175 Å². The minimum Gasteiger partial charge on any atom is -0.296 e. The lowest BCUT2D eigenvalue weighted by Crippen LogP contribution is -2.48. The van der Waals surface area contributed by atoms with Gasteiger partial charge in [0.25, 0.3) is 5.91 Å². The molecular formula is C21H25ClN4OS. The van der Waals surface area contributed by atoms with Gasteiger partial charge in [-0.05, 0) is 35.6 Å². The molecule has 1 N–H and O–H groups in total. The number of hydrazone groups is 1. The summed E-state index contributed by atoms with van der Waals surface area (Å²) in [5.74, 6) is -0.0865. The molecule has 7 heteroatoms. The molecule has 1 aliphatic rings. The van der Waals surface area contributed by atoms with E-state index in [1.807, 2.05) is 48.7 Å². The molecule has 1 saturated heterocycles. The van der Waals surface area contributed by atoms with Gasteiger partial charge in [-0.2, -0.15) is 5.10 Å². The number of halogens is 1. The van der Waals surface area contributed by atoms with Gasteiger partial charge >= 0.3 is 0 Å². The quantitative estimate of drug-likeness (QED) is 0.427. The van der Waals surface area contributed by atoms with Crippen LogP contribution in [0.1, 0.15) is 11.1 Å². The molecule has 2 aromatic rings.